The molecule has 0 radical (unpaired) electrons. The minimum atomic E-state index is -0.0853. The second-order valence-electron chi connectivity index (χ2n) is 6.62. The van der Waals surface area contributed by atoms with E-state index in [0.29, 0.717) is 28.4 Å². The van der Waals surface area contributed by atoms with Gasteiger partial charge in [0.05, 0.1) is 30.3 Å². The van der Waals surface area contributed by atoms with E-state index < -0.39 is 0 Å². The second-order valence-corrected chi connectivity index (χ2v) is 7.56. The molecule has 0 amide bonds. The second kappa shape index (κ2) is 9.05. The summed E-state index contributed by atoms with van der Waals surface area (Å²) in [6, 6.07) is 22.9. The molecule has 0 aliphatic rings. The molecule has 0 aliphatic heterocycles. The molecule has 6 heteroatoms. The zero-order valence-corrected chi connectivity index (χ0v) is 17.7. The molecular weight excluding hydrogens is 396 g/mol. The SMILES string of the molecule is CCOc1ccc(-n2c(SCc3cccc(OC)c3)nc3ccccc3c2=O)cc1. The van der Waals surface area contributed by atoms with Crippen LogP contribution in [0.2, 0.25) is 0 Å². The number of fused-ring (bicyclic) bond motifs is 1. The summed E-state index contributed by atoms with van der Waals surface area (Å²) >= 11 is 1.52. The van der Waals surface area contributed by atoms with Gasteiger partial charge in [-0.15, -0.1) is 0 Å². The number of ether oxygens (including phenoxy) is 2. The number of methoxy groups -OCH3 is 1. The van der Waals surface area contributed by atoms with Crippen LogP contribution >= 0.6 is 11.8 Å². The van der Waals surface area contributed by atoms with Crippen molar-refractivity contribution in [3.05, 3.63) is 88.7 Å². The van der Waals surface area contributed by atoms with Crippen molar-refractivity contribution >= 4 is 22.7 Å². The first-order valence-corrected chi connectivity index (χ1v) is 10.7. The first-order chi connectivity index (χ1) is 14.7. The van der Waals surface area contributed by atoms with Crippen LogP contribution in [0.4, 0.5) is 0 Å². The van der Waals surface area contributed by atoms with Gasteiger partial charge in [-0.3, -0.25) is 9.36 Å². The predicted octanol–water partition coefficient (Wildman–Crippen LogP) is 5.09. The molecule has 5 nitrogen and oxygen atoms in total. The van der Waals surface area contributed by atoms with Gasteiger partial charge in [0.2, 0.25) is 0 Å². The number of benzene rings is 3. The molecule has 4 aromatic rings. The van der Waals surface area contributed by atoms with Gasteiger partial charge in [0.25, 0.3) is 5.56 Å². The molecule has 0 spiro atoms. The molecule has 0 N–H and O–H groups in total. The number of rotatable bonds is 7. The van der Waals surface area contributed by atoms with Gasteiger partial charge in [-0.25, -0.2) is 4.98 Å². The zero-order chi connectivity index (χ0) is 20.9. The fraction of sp³-hybridized carbons (Fsp3) is 0.167. The van der Waals surface area contributed by atoms with E-state index in [-0.39, 0.29) is 5.56 Å². The van der Waals surface area contributed by atoms with E-state index in [2.05, 4.69) is 0 Å². The standard InChI is InChI=1S/C24H22N2O3S/c1-3-29-19-13-11-18(12-14-19)26-23(27)21-9-4-5-10-22(21)25-24(26)30-16-17-7-6-8-20(15-17)28-2/h4-15H,3,16H2,1-2H3. The van der Waals surface area contributed by atoms with Crippen molar-refractivity contribution in [3.8, 4) is 17.2 Å². The van der Waals surface area contributed by atoms with E-state index in [4.69, 9.17) is 14.5 Å². The topological polar surface area (TPSA) is 53.4 Å². The van der Waals surface area contributed by atoms with Crippen molar-refractivity contribution in [1.29, 1.82) is 0 Å². The minimum absolute atomic E-state index is 0.0853. The van der Waals surface area contributed by atoms with Crippen LogP contribution in [0.1, 0.15) is 12.5 Å². The molecule has 0 fully saturated rings. The molecule has 4 rings (SSSR count). The molecule has 0 unspecified atom stereocenters. The third-order valence-electron chi connectivity index (χ3n) is 4.65. The van der Waals surface area contributed by atoms with E-state index in [0.717, 1.165) is 22.7 Å². The highest BCUT2D eigenvalue weighted by Crippen LogP contribution is 2.26. The Hall–Kier alpha value is -3.25. The molecule has 1 aromatic heterocycles. The average Bonchev–Trinajstić information content (AvgIpc) is 2.79. The van der Waals surface area contributed by atoms with Crippen molar-refractivity contribution in [2.75, 3.05) is 13.7 Å². The smallest absolute Gasteiger partial charge is 0.266 e. The summed E-state index contributed by atoms with van der Waals surface area (Å²) in [5.41, 5.74) is 2.46. The fourth-order valence-corrected chi connectivity index (χ4v) is 4.16. The summed E-state index contributed by atoms with van der Waals surface area (Å²) in [5.74, 6) is 2.25. The number of hydrogen-bond donors (Lipinski definition) is 0. The Morgan fingerprint density at radius 3 is 2.53 bits per heavy atom. The Balaban J connectivity index is 1.76. The van der Waals surface area contributed by atoms with E-state index in [1.54, 1.807) is 11.7 Å². The van der Waals surface area contributed by atoms with Crippen molar-refractivity contribution < 1.29 is 9.47 Å². The first-order valence-electron chi connectivity index (χ1n) is 9.70. The van der Waals surface area contributed by atoms with E-state index >= 15 is 0 Å². The largest absolute Gasteiger partial charge is 0.497 e. The highest BCUT2D eigenvalue weighted by atomic mass is 32.2. The normalized spacial score (nSPS) is 10.9. The first kappa shape index (κ1) is 20.0. The van der Waals surface area contributed by atoms with E-state index in [1.165, 1.54) is 11.8 Å². The Kier molecular flexibility index (Phi) is 6.05. The summed E-state index contributed by atoms with van der Waals surface area (Å²) in [6.45, 7) is 2.54. The maximum atomic E-state index is 13.3. The molecule has 0 saturated heterocycles. The van der Waals surface area contributed by atoms with Crippen LogP contribution in [0.15, 0.2) is 82.7 Å². The van der Waals surface area contributed by atoms with Crippen LogP contribution in [0.25, 0.3) is 16.6 Å². The van der Waals surface area contributed by atoms with Crippen molar-refractivity contribution in [3.63, 3.8) is 0 Å². The van der Waals surface area contributed by atoms with Crippen molar-refractivity contribution in [2.45, 2.75) is 17.8 Å². The van der Waals surface area contributed by atoms with E-state index in [9.17, 15) is 4.79 Å². The van der Waals surface area contributed by atoms with Crippen molar-refractivity contribution in [2.24, 2.45) is 0 Å². The molecule has 30 heavy (non-hydrogen) atoms. The fourth-order valence-electron chi connectivity index (χ4n) is 3.21. The predicted molar refractivity (Wildman–Crippen MR) is 121 cm³/mol. The lowest BCUT2D eigenvalue weighted by Crippen LogP contribution is -2.21. The van der Waals surface area contributed by atoms with Crippen LogP contribution in [0, 0.1) is 0 Å². The van der Waals surface area contributed by atoms with Gasteiger partial charge in [-0.2, -0.15) is 0 Å². The Morgan fingerprint density at radius 2 is 1.77 bits per heavy atom. The lowest BCUT2D eigenvalue weighted by atomic mass is 10.2. The average molecular weight is 419 g/mol. The van der Waals surface area contributed by atoms with Crippen LogP contribution in [0.3, 0.4) is 0 Å². The minimum Gasteiger partial charge on any atom is -0.497 e. The maximum absolute atomic E-state index is 13.3. The van der Waals surface area contributed by atoms with Crippen LogP contribution in [-0.2, 0) is 5.75 Å². The van der Waals surface area contributed by atoms with Gasteiger partial charge in [-0.05, 0) is 61.0 Å². The third-order valence-corrected chi connectivity index (χ3v) is 5.66. The molecule has 0 atom stereocenters. The Labute approximate surface area is 179 Å². The number of para-hydroxylation sites is 1. The number of nitrogens with zero attached hydrogens (tertiary/aromatic N) is 2. The lowest BCUT2D eigenvalue weighted by Gasteiger charge is -2.14. The van der Waals surface area contributed by atoms with Gasteiger partial charge in [0, 0.05) is 5.75 Å². The molecule has 152 valence electrons. The van der Waals surface area contributed by atoms with Crippen molar-refractivity contribution in [1.82, 2.24) is 9.55 Å². The van der Waals surface area contributed by atoms with Crippen LogP contribution in [0.5, 0.6) is 11.5 Å². The molecular formula is C24H22N2O3S. The summed E-state index contributed by atoms with van der Waals surface area (Å²) in [5, 5.41) is 1.24. The van der Waals surface area contributed by atoms with Crippen LogP contribution < -0.4 is 15.0 Å². The van der Waals surface area contributed by atoms with Crippen LogP contribution in [-0.4, -0.2) is 23.3 Å². The third kappa shape index (κ3) is 4.19. The molecule has 1 heterocycles. The summed E-state index contributed by atoms with van der Waals surface area (Å²) in [4.78, 5) is 18.1. The maximum Gasteiger partial charge on any atom is 0.266 e. The van der Waals surface area contributed by atoms with E-state index in [1.807, 2.05) is 79.7 Å². The Morgan fingerprint density at radius 1 is 0.967 bits per heavy atom. The van der Waals surface area contributed by atoms with Gasteiger partial charge >= 0.3 is 0 Å². The monoisotopic (exact) mass is 418 g/mol. The molecule has 0 saturated carbocycles. The van der Waals surface area contributed by atoms with Gasteiger partial charge < -0.3 is 9.47 Å². The summed E-state index contributed by atoms with van der Waals surface area (Å²) in [7, 11) is 1.65. The Bertz CT molecular complexity index is 1220. The zero-order valence-electron chi connectivity index (χ0n) is 16.9. The molecule has 0 aliphatic carbocycles. The number of aromatic nitrogens is 2. The quantitative estimate of drug-likeness (QED) is 0.309. The van der Waals surface area contributed by atoms with Gasteiger partial charge in [0.15, 0.2) is 5.16 Å². The highest BCUT2D eigenvalue weighted by molar-refractivity contribution is 7.98. The number of hydrogen-bond acceptors (Lipinski definition) is 5. The summed E-state index contributed by atoms with van der Waals surface area (Å²) < 4.78 is 12.5. The van der Waals surface area contributed by atoms with Gasteiger partial charge in [-0.1, -0.05) is 36.0 Å². The summed E-state index contributed by atoms with van der Waals surface area (Å²) in [6.07, 6.45) is 0. The number of thioether (sulfide) groups is 1. The lowest BCUT2D eigenvalue weighted by molar-refractivity contribution is 0.340. The molecule has 3 aromatic carbocycles. The van der Waals surface area contributed by atoms with Gasteiger partial charge in [0.1, 0.15) is 11.5 Å². The molecule has 0 bridgehead atoms. The highest BCUT2D eigenvalue weighted by Gasteiger charge is 2.14.